The van der Waals surface area contributed by atoms with Crippen molar-refractivity contribution in [3.05, 3.63) is 95.6 Å². The fraction of sp³-hybridized carbons (Fsp3) is 0.587. The second-order valence-corrected chi connectivity index (χ2v) is 15.9. The van der Waals surface area contributed by atoms with Crippen LogP contribution in [0.2, 0.25) is 0 Å². The largest absolute Gasteiger partial charge is 0.299 e. The third-order valence-corrected chi connectivity index (χ3v) is 12.3. The summed E-state index contributed by atoms with van der Waals surface area (Å²) in [5.74, 6) is 3.58. The van der Waals surface area contributed by atoms with Crippen LogP contribution >= 0.6 is 0 Å². The molecule has 0 amide bonds. The highest BCUT2D eigenvalue weighted by molar-refractivity contribution is 5.85. The molecule has 0 aliphatic heterocycles. The van der Waals surface area contributed by atoms with Gasteiger partial charge in [0.1, 0.15) is 5.78 Å². The average Bonchev–Trinajstić information content (AvgIpc) is 3.09. The van der Waals surface area contributed by atoms with Crippen molar-refractivity contribution in [1.82, 2.24) is 0 Å². The summed E-state index contributed by atoms with van der Waals surface area (Å²) in [5.41, 5.74) is 10.3. The van der Waals surface area contributed by atoms with E-state index >= 15 is 0 Å². The quantitative estimate of drug-likeness (QED) is 0.141. The first-order valence-electron chi connectivity index (χ1n) is 19.6. The minimum atomic E-state index is 0.194. The summed E-state index contributed by atoms with van der Waals surface area (Å²) in [4.78, 5) is 13.5. The highest BCUT2D eigenvalue weighted by Crippen LogP contribution is 2.39. The molecular weight excluding hydrogens is 569 g/mol. The summed E-state index contributed by atoms with van der Waals surface area (Å²) in [6.07, 6.45) is 24.6. The van der Waals surface area contributed by atoms with Gasteiger partial charge in [-0.25, -0.2) is 0 Å². The minimum absolute atomic E-state index is 0.194. The van der Waals surface area contributed by atoms with Gasteiger partial charge in [0.15, 0.2) is 0 Å². The lowest BCUT2D eigenvalue weighted by atomic mass is 9.75. The normalized spacial score (nSPS) is 23.7. The second kappa shape index (κ2) is 17.6. The van der Waals surface area contributed by atoms with Crippen LogP contribution in [0.4, 0.5) is 0 Å². The maximum absolute atomic E-state index is 13.5. The van der Waals surface area contributed by atoms with E-state index in [2.05, 4.69) is 76.0 Å². The zero-order chi connectivity index (χ0) is 33.2. The molecule has 5 rings (SSSR count). The Bertz CT molecular complexity index is 1340. The number of carbonyl (C=O) groups is 1. The molecular formula is C46H64O. The predicted octanol–water partition coefficient (Wildman–Crippen LogP) is 13.3. The average molecular weight is 633 g/mol. The van der Waals surface area contributed by atoms with Crippen LogP contribution < -0.4 is 0 Å². The molecule has 2 aromatic carbocycles. The highest BCUT2D eigenvalue weighted by atomic mass is 16.1. The molecule has 3 aliphatic carbocycles. The van der Waals surface area contributed by atoms with Crippen LogP contribution in [-0.4, -0.2) is 5.78 Å². The Balaban J connectivity index is 1.05. The van der Waals surface area contributed by atoms with E-state index in [9.17, 15) is 4.79 Å². The summed E-state index contributed by atoms with van der Waals surface area (Å²) in [7, 11) is 0. The van der Waals surface area contributed by atoms with Gasteiger partial charge in [0.25, 0.3) is 0 Å². The summed E-state index contributed by atoms with van der Waals surface area (Å²) in [5, 5.41) is 0. The Kier molecular flexibility index (Phi) is 13.4. The van der Waals surface area contributed by atoms with Crippen LogP contribution in [0.15, 0.2) is 67.8 Å². The molecule has 47 heavy (non-hydrogen) atoms. The maximum atomic E-state index is 13.5. The van der Waals surface area contributed by atoms with Gasteiger partial charge >= 0.3 is 0 Å². The first kappa shape index (κ1) is 35.6. The zero-order valence-electron chi connectivity index (χ0n) is 30.1. The van der Waals surface area contributed by atoms with E-state index in [4.69, 9.17) is 0 Å². The number of ketones is 1. The van der Waals surface area contributed by atoms with Crippen molar-refractivity contribution in [3.8, 4) is 0 Å². The number of carbonyl (C=O) groups excluding carboxylic acids is 1. The van der Waals surface area contributed by atoms with Gasteiger partial charge in [-0.2, -0.15) is 0 Å². The number of hydrogen-bond acceptors (Lipinski definition) is 1. The van der Waals surface area contributed by atoms with E-state index in [1.807, 2.05) is 0 Å². The summed E-state index contributed by atoms with van der Waals surface area (Å²) in [6.45, 7) is 17.7. The first-order valence-corrected chi connectivity index (χ1v) is 19.6. The third-order valence-electron chi connectivity index (χ3n) is 12.3. The van der Waals surface area contributed by atoms with Crippen LogP contribution in [0.5, 0.6) is 0 Å². The molecule has 0 heterocycles. The predicted molar refractivity (Wildman–Crippen MR) is 204 cm³/mol. The molecule has 2 aromatic rings. The van der Waals surface area contributed by atoms with Gasteiger partial charge in [-0.1, -0.05) is 125 Å². The molecule has 0 atom stereocenters. The minimum Gasteiger partial charge on any atom is -0.299 e. The van der Waals surface area contributed by atoms with E-state index in [0.29, 0.717) is 30.0 Å². The first-order chi connectivity index (χ1) is 22.8. The molecule has 0 N–H and O–H groups in total. The molecule has 3 aliphatic rings. The number of hydrogen-bond donors (Lipinski definition) is 0. The smallest absolute Gasteiger partial charge is 0.140 e. The van der Waals surface area contributed by atoms with Crippen LogP contribution in [0.25, 0.3) is 11.1 Å². The maximum Gasteiger partial charge on any atom is 0.140 e. The summed E-state index contributed by atoms with van der Waals surface area (Å²) < 4.78 is 0. The molecule has 0 saturated heterocycles. The van der Waals surface area contributed by atoms with Crippen LogP contribution in [0, 0.1) is 23.7 Å². The van der Waals surface area contributed by atoms with E-state index in [1.54, 1.807) is 0 Å². The van der Waals surface area contributed by atoms with Gasteiger partial charge in [-0.15, -0.1) is 0 Å². The molecule has 0 spiro atoms. The Hall–Kier alpha value is -2.67. The van der Waals surface area contributed by atoms with Crippen molar-refractivity contribution in [2.45, 2.75) is 148 Å². The van der Waals surface area contributed by atoms with Gasteiger partial charge in [0.05, 0.1) is 0 Å². The Labute approximate surface area is 288 Å². The third kappa shape index (κ3) is 10.2. The Morgan fingerprint density at radius 2 is 1.38 bits per heavy atom. The number of unbranched alkanes of at least 4 members (excludes halogenated alkanes) is 2. The molecule has 0 bridgehead atoms. The molecule has 0 unspecified atom stereocenters. The summed E-state index contributed by atoms with van der Waals surface area (Å²) >= 11 is 0. The molecule has 0 radical (unpaired) electrons. The fourth-order valence-electron chi connectivity index (χ4n) is 9.13. The van der Waals surface area contributed by atoms with E-state index < -0.39 is 0 Å². The second-order valence-electron chi connectivity index (χ2n) is 15.9. The van der Waals surface area contributed by atoms with Crippen LogP contribution in [0.3, 0.4) is 0 Å². The van der Waals surface area contributed by atoms with Crippen LogP contribution in [0.1, 0.15) is 163 Å². The highest BCUT2D eigenvalue weighted by Gasteiger charge is 2.28. The number of rotatable bonds is 15. The van der Waals surface area contributed by atoms with Gasteiger partial charge in [0.2, 0.25) is 0 Å². The zero-order valence-corrected chi connectivity index (χ0v) is 30.1. The number of Topliss-reactive ketones (excluding diaryl/α,β-unsaturated/α-hetero) is 1. The fourth-order valence-corrected chi connectivity index (χ4v) is 9.13. The Morgan fingerprint density at radius 3 is 2.04 bits per heavy atom. The van der Waals surface area contributed by atoms with Crippen molar-refractivity contribution in [1.29, 1.82) is 0 Å². The molecule has 254 valence electrons. The Morgan fingerprint density at radius 1 is 0.723 bits per heavy atom. The molecule has 1 heteroatoms. The summed E-state index contributed by atoms with van der Waals surface area (Å²) in [6, 6.07) is 16.1. The lowest BCUT2D eigenvalue weighted by Crippen LogP contribution is -2.23. The monoisotopic (exact) mass is 632 g/mol. The van der Waals surface area contributed by atoms with Gasteiger partial charge in [0, 0.05) is 12.3 Å². The number of benzene rings is 2. The molecule has 3 saturated carbocycles. The number of allylic oxidation sites excluding steroid dienone is 3. The van der Waals surface area contributed by atoms with Crippen molar-refractivity contribution < 1.29 is 4.79 Å². The molecule has 0 aromatic heterocycles. The van der Waals surface area contributed by atoms with Crippen molar-refractivity contribution >= 4 is 16.9 Å². The van der Waals surface area contributed by atoms with Gasteiger partial charge in [-0.05, 0) is 141 Å². The van der Waals surface area contributed by atoms with E-state index in [0.717, 1.165) is 50.0 Å². The standard InChI is InChI=1S/C46H64O/c1-6-7-9-12-36-15-21-39(22-16-36)34(4)29-37-17-23-40(24-18-37)35(5)30-38-19-25-42(26-20-38)46(47)32-44-28-27-43(31-45(44)33(2)3)41-13-10-8-11-14-41/h17-18,23-24,27-28,31,36,38-39,41-42H,2,4-16,19-22,25-26,29-30,32H2,1,3H3. The van der Waals surface area contributed by atoms with Crippen molar-refractivity contribution in [3.63, 3.8) is 0 Å². The van der Waals surface area contributed by atoms with Crippen molar-refractivity contribution in [2.75, 3.05) is 0 Å². The topological polar surface area (TPSA) is 17.1 Å². The van der Waals surface area contributed by atoms with E-state index in [-0.39, 0.29) is 5.92 Å². The van der Waals surface area contributed by atoms with Gasteiger partial charge in [-0.3, -0.25) is 4.79 Å². The lowest BCUT2D eigenvalue weighted by molar-refractivity contribution is -0.123. The van der Waals surface area contributed by atoms with Crippen molar-refractivity contribution in [2.24, 2.45) is 23.7 Å². The van der Waals surface area contributed by atoms with Crippen LogP contribution in [-0.2, 0) is 17.6 Å². The van der Waals surface area contributed by atoms with Gasteiger partial charge < -0.3 is 0 Å². The molecule has 1 nitrogen and oxygen atoms in total. The lowest BCUT2D eigenvalue weighted by Gasteiger charge is -2.30. The SMILES string of the molecule is C=C(CC1CCC(C(=O)Cc2ccc(C3CCCCC3)cc2C(=C)C)CC1)c1ccc(CC(=C)C2CCC(CCCCC)CC2)cc1. The molecule has 3 fully saturated rings. The van der Waals surface area contributed by atoms with E-state index in [1.165, 1.54) is 122 Å².